The molecule has 0 radical (unpaired) electrons. The number of hydrogen-bond donors (Lipinski definition) is 4. The third kappa shape index (κ3) is 6.18. The molecule has 15 nitrogen and oxygen atoms in total. The summed E-state index contributed by atoms with van der Waals surface area (Å²) in [5.74, 6) is -0.275. The second-order valence-corrected chi connectivity index (χ2v) is 10.5. The van der Waals surface area contributed by atoms with Crippen LogP contribution < -0.4 is 21.1 Å². The number of oxime groups is 1. The highest BCUT2D eigenvalue weighted by molar-refractivity contribution is 7.80. The Bertz CT molecular complexity index is 1370. The molecule has 0 unspecified atom stereocenters. The molecule has 38 heavy (non-hydrogen) atoms. The third-order valence-electron chi connectivity index (χ3n) is 5.50. The van der Waals surface area contributed by atoms with Gasteiger partial charge in [0.05, 0.1) is 12.1 Å². The molecule has 1 aromatic carbocycles. The Morgan fingerprint density at radius 1 is 1.34 bits per heavy atom. The van der Waals surface area contributed by atoms with Gasteiger partial charge in [-0.3, -0.25) is 19.1 Å². The van der Waals surface area contributed by atoms with Crippen LogP contribution in [0.2, 0.25) is 0 Å². The van der Waals surface area contributed by atoms with Crippen LogP contribution in [-0.2, 0) is 29.1 Å². The van der Waals surface area contributed by atoms with Gasteiger partial charge in [-0.15, -0.1) is 15.6 Å². The van der Waals surface area contributed by atoms with E-state index in [1.807, 2.05) is 12.1 Å². The van der Waals surface area contributed by atoms with Gasteiger partial charge in [0.15, 0.2) is 17.5 Å². The van der Waals surface area contributed by atoms with E-state index in [4.69, 9.17) is 19.9 Å². The topological polar surface area (TPSA) is 207 Å². The number of nitrogens with zero attached hydrogens (tertiary/aromatic N) is 4. The maximum absolute atomic E-state index is 13.0. The Kier molecular flexibility index (Phi) is 7.81. The number of nitrogens with one attached hydrogen (secondary N) is 2. The van der Waals surface area contributed by atoms with Crippen LogP contribution in [0.3, 0.4) is 0 Å². The second-order valence-electron chi connectivity index (χ2n) is 8.57. The molecule has 1 saturated heterocycles. The van der Waals surface area contributed by atoms with Gasteiger partial charge >= 0.3 is 10.4 Å². The molecule has 2 amide bonds. The first kappa shape index (κ1) is 27.2. The quantitative estimate of drug-likeness (QED) is 0.0912. The van der Waals surface area contributed by atoms with Gasteiger partial charge in [-0.1, -0.05) is 5.16 Å². The van der Waals surface area contributed by atoms with Crippen molar-refractivity contribution in [3.05, 3.63) is 40.9 Å². The Morgan fingerprint density at radius 3 is 2.66 bits per heavy atom. The molecule has 204 valence electrons. The lowest BCUT2D eigenvalue weighted by molar-refractivity contribution is -0.218. The summed E-state index contributed by atoms with van der Waals surface area (Å²) >= 11 is 1.07. The third-order valence-corrected chi connectivity index (χ3v) is 6.51. The van der Waals surface area contributed by atoms with E-state index >= 15 is 0 Å². The fourth-order valence-corrected chi connectivity index (χ4v) is 4.63. The standard InChI is InChI=1S/C21H25N7O8S2/c1-21(2)16(19(30)28(21)36-38(31,32)33)26-18(29)15(14-11-37-20(22)25-14)27-35-10-9-34-13-5-3-12(4-6-13)17-23-7-8-24-17/h3-6,11,16H,7-10H2,1-2H3,(H2,22,25)(H,23,24)(H,26,29)(H,31,32,33)/t16-/m1/s1. The highest BCUT2D eigenvalue weighted by atomic mass is 32.3. The van der Waals surface area contributed by atoms with Crippen LogP contribution in [0.15, 0.2) is 39.8 Å². The van der Waals surface area contributed by atoms with E-state index in [1.54, 1.807) is 12.1 Å². The van der Waals surface area contributed by atoms with Crippen LogP contribution >= 0.6 is 11.3 Å². The van der Waals surface area contributed by atoms with Crippen molar-refractivity contribution in [1.82, 2.24) is 20.7 Å². The fourth-order valence-electron chi connectivity index (χ4n) is 3.63. The maximum atomic E-state index is 13.0. The van der Waals surface area contributed by atoms with E-state index in [2.05, 4.69) is 30.0 Å². The number of nitrogens with two attached hydrogens (primary N) is 1. The van der Waals surface area contributed by atoms with Crippen molar-refractivity contribution in [2.24, 2.45) is 10.1 Å². The van der Waals surface area contributed by atoms with Crippen LogP contribution in [0.4, 0.5) is 5.13 Å². The van der Waals surface area contributed by atoms with Gasteiger partial charge in [0, 0.05) is 17.5 Å². The highest BCUT2D eigenvalue weighted by Gasteiger charge is 2.58. The lowest BCUT2D eigenvalue weighted by atomic mass is 9.84. The van der Waals surface area contributed by atoms with Gasteiger partial charge in [-0.25, -0.2) is 4.98 Å². The fraction of sp³-hybridized carbons (Fsp3) is 0.381. The lowest BCUT2D eigenvalue weighted by Crippen LogP contribution is -2.76. The molecule has 1 aromatic heterocycles. The van der Waals surface area contributed by atoms with Gasteiger partial charge in [0.25, 0.3) is 11.8 Å². The first-order chi connectivity index (χ1) is 18.0. The molecule has 0 spiro atoms. The van der Waals surface area contributed by atoms with Gasteiger partial charge in [0.1, 0.15) is 29.9 Å². The van der Waals surface area contributed by atoms with E-state index in [0.717, 1.165) is 35.8 Å². The van der Waals surface area contributed by atoms with Crippen molar-refractivity contribution in [3.8, 4) is 5.75 Å². The summed E-state index contributed by atoms with van der Waals surface area (Å²) in [5.41, 5.74) is 5.18. The number of aliphatic imine (C=N–C) groups is 1. The van der Waals surface area contributed by atoms with Crippen molar-refractivity contribution in [1.29, 1.82) is 0 Å². The summed E-state index contributed by atoms with van der Waals surface area (Å²) in [5, 5.41) is 11.6. The monoisotopic (exact) mass is 567 g/mol. The molecule has 0 saturated carbocycles. The van der Waals surface area contributed by atoms with E-state index in [0.29, 0.717) is 10.8 Å². The van der Waals surface area contributed by atoms with Crippen molar-refractivity contribution < 1.29 is 36.4 Å². The average molecular weight is 568 g/mol. The van der Waals surface area contributed by atoms with Gasteiger partial charge < -0.3 is 25.9 Å². The SMILES string of the molecule is CC1(C)[C@H](NC(=O)C(=NOCCOc2ccc(C3=NCCN3)cc2)c2csc(N)n2)C(=O)N1OS(=O)(=O)O. The average Bonchev–Trinajstić information content (AvgIpc) is 3.55. The number of rotatable bonds is 11. The van der Waals surface area contributed by atoms with E-state index in [9.17, 15) is 18.0 Å². The molecule has 0 bridgehead atoms. The number of aromatic nitrogens is 1. The van der Waals surface area contributed by atoms with Gasteiger partial charge in [0.2, 0.25) is 0 Å². The molecule has 2 aromatic rings. The minimum atomic E-state index is -4.93. The number of ether oxygens (including phenoxy) is 1. The molecule has 0 aliphatic carbocycles. The molecule has 3 heterocycles. The largest absolute Gasteiger partial charge is 0.490 e. The number of hydrogen-bond acceptors (Lipinski definition) is 13. The van der Waals surface area contributed by atoms with Crippen molar-refractivity contribution in [2.75, 3.05) is 32.0 Å². The maximum Gasteiger partial charge on any atom is 0.418 e. The van der Waals surface area contributed by atoms with Crippen molar-refractivity contribution >= 4 is 50.2 Å². The Hall–Kier alpha value is -3.80. The number of nitrogen functional groups attached to an aromatic ring is 1. The molecule has 5 N–H and O–H groups in total. The molecular formula is C21H25N7O8S2. The number of β-lactam (4-membered cyclic amide) rings is 1. The molecule has 1 atom stereocenters. The number of amidine groups is 1. The zero-order chi connectivity index (χ0) is 27.5. The Labute approximate surface area is 221 Å². The number of benzene rings is 1. The smallest absolute Gasteiger partial charge is 0.418 e. The summed E-state index contributed by atoms with van der Waals surface area (Å²) < 4.78 is 40.8. The number of anilines is 1. The first-order valence-electron chi connectivity index (χ1n) is 11.2. The summed E-state index contributed by atoms with van der Waals surface area (Å²) in [6.07, 6.45) is 0. The van der Waals surface area contributed by atoms with Crippen molar-refractivity contribution in [3.63, 3.8) is 0 Å². The number of carbonyl (C=O) groups is 2. The van der Waals surface area contributed by atoms with Gasteiger partial charge in [-0.2, -0.15) is 13.5 Å². The van der Waals surface area contributed by atoms with Crippen LogP contribution in [0.1, 0.15) is 25.1 Å². The van der Waals surface area contributed by atoms with E-state index in [1.165, 1.54) is 19.2 Å². The molecule has 17 heteroatoms. The molecule has 2 aliphatic rings. The van der Waals surface area contributed by atoms with Crippen LogP contribution in [0.5, 0.6) is 5.75 Å². The van der Waals surface area contributed by atoms with E-state index < -0.39 is 33.8 Å². The minimum absolute atomic E-state index is 0.0176. The zero-order valence-corrected chi connectivity index (χ0v) is 21.9. The summed E-state index contributed by atoms with van der Waals surface area (Å²) in [6.45, 7) is 4.52. The Balaban J connectivity index is 1.35. The van der Waals surface area contributed by atoms with Crippen molar-refractivity contribution in [2.45, 2.75) is 25.4 Å². The molecule has 4 rings (SSSR count). The number of amides is 2. The molecule has 1 fully saturated rings. The lowest BCUT2D eigenvalue weighted by Gasteiger charge is -2.50. The number of thiazole rings is 1. The highest BCUT2D eigenvalue weighted by Crippen LogP contribution is 2.33. The van der Waals surface area contributed by atoms with E-state index in [-0.39, 0.29) is 29.8 Å². The zero-order valence-electron chi connectivity index (χ0n) is 20.3. The summed E-state index contributed by atoms with van der Waals surface area (Å²) in [7, 11) is -4.93. The Morgan fingerprint density at radius 2 is 2.08 bits per heavy atom. The van der Waals surface area contributed by atoms with Crippen LogP contribution in [-0.4, -0.2) is 84.3 Å². The molecule has 2 aliphatic heterocycles. The second kappa shape index (κ2) is 10.9. The number of hydroxylamine groups is 2. The first-order valence-corrected chi connectivity index (χ1v) is 13.4. The summed E-state index contributed by atoms with van der Waals surface area (Å²) in [4.78, 5) is 39.0. The van der Waals surface area contributed by atoms with Crippen LogP contribution in [0.25, 0.3) is 0 Å². The molecular weight excluding hydrogens is 542 g/mol. The van der Waals surface area contributed by atoms with Gasteiger partial charge in [-0.05, 0) is 38.1 Å². The number of carbonyl (C=O) groups excluding carboxylic acids is 2. The van der Waals surface area contributed by atoms with Crippen LogP contribution in [0, 0.1) is 0 Å². The predicted molar refractivity (Wildman–Crippen MR) is 136 cm³/mol. The predicted octanol–water partition coefficient (Wildman–Crippen LogP) is -0.285. The summed E-state index contributed by atoms with van der Waals surface area (Å²) in [6, 6.07) is 6.17. The normalized spacial score (nSPS) is 18.9. The minimum Gasteiger partial charge on any atom is -0.490 e.